The monoisotopic (exact) mass is 516 g/mol. The van der Waals surface area contributed by atoms with Crippen molar-refractivity contribution in [1.29, 1.82) is 0 Å². The molecule has 1 aromatic rings. The Balaban J connectivity index is 0.00000625. The molecule has 0 aliphatic heterocycles. The average molecular weight is 517 g/mol. The predicted molar refractivity (Wildman–Crippen MR) is 123 cm³/mol. The molecule has 0 amide bonds. The lowest BCUT2D eigenvalue weighted by Crippen LogP contribution is -2.43. The summed E-state index contributed by atoms with van der Waals surface area (Å²) in [5, 5.41) is 6.66. The van der Waals surface area contributed by atoms with Gasteiger partial charge in [-0.2, -0.15) is 0 Å². The van der Waals surface area contributed by atoms with Gasteiger partial charge in [-0.25, -0.2) is 12.7 Å². The molecule has 0 aliphatic carbocycles. The topological polar surface area (TPSA) is 73.8 Å². The van der Waals surface area contributed by atoms with E-state index in [2.05, 4.69) is 41.6 Å². The second-order valence-electron chi connectivity index (χ2n) is 6.10. The molecule has 2 N–H and O–H groups in total. The molecule has 9 heteroatoms. The second kappa shape index (κ2) is 12.9. The lowest BCUT2D eigenvalue weighted by Gasteiger charge is -2.18. The molecule has 1 heterocycles. The molecule has 0 aromatic carbocycles. The number of hydrogen-bond acceptors (Lipinski definition) is 4. The molecule has 0 saturated carbocycles. The molecule has 1 unspecified atom stereocenters. The molecule has 0 fully saturated rings. The first-order valence-electron chi connectivity index (χ1n) is 8.82. The fraction of sp³-hybridized carbons (Fsp3) is 0.706. The quantitative estimate of drug-likeness (QED) is 0.217. The Hall–Kier alpha value is -0.390. The van der Waals surface area contributed by atoms with Crippen molar-refractivity contribution in [2.75, 3.05) is 32.4 Å². The Morgan fingerprint density at radius 3 is 2.58 bits per heavy atom. The van der Waals surface area contributed by atoms with E-state index in [1.807, 2.05) is 18.3 Å². The molecule has 152 valence electrons. The summed E-state index contributed by atoms with van der Waals surface area (Å²) in [7, 11) is -1.48. The SMILES string of the molecule is CCNC(=NCCCN(C)S(=O)(=O)CC)NC(C)Cc1ccc(C)s1.I. The van der Waals surface area contributed by atoms with Crippen LogP contribution in [-0.2, 0) is 16.4 Å². The van der Waals surface area contributed by atoms with E-state index in [-0.39, 0.29) is 35.8 Å². The minimum atomic E-state index is -3.11. The van der Waals surface area contributed by atoms with Crippen LogP contribution in [0.1, 0.15) is 36.9 Å². The van der Waals surface area contributed by atoms with Gasteiger partial charge in [-0.15, -0.1) is 35.3 Å². The lowest BCUT2D eigenvalue weighted by molar-refractivity contribution is 0.464. The number of sulfonamides is 1. The molecule has 1 aromatic heterocycles. The van der Waals surface area contributed by atoms with Crippen LogP contribution in [0.5, 0.6) is 0 Å². The zero-order valence-electron chi connectivity index (χ0n) is 16.4. The maximum absolute atomic E-state index is 11.7. The normalized spacial score (nSPS) is 13.4. The fourth-order valence-electron chi connectivity index (χ4n) is 2.34. The van der Waals surface area contributed by atoms with Gasteiger partial charge in [0.25, 0.3) is 0 Å². The van der Waals surface area contributed by atoms with E-state index in [1.54, 1.807) is 14.0 Å². The van der Waals surface area contributed by atoms with Gasteiger partial charge in [0.05, 0.1) is 5.75 Å². The molecule has 0 saturated heterocycles. The van der Waals surface area contributed by atoms with Gasteiger partial charge in [0.1, 0.15) is 0 Å². The predicted octanol–water partition coefficient (Wildman–Crippen LogP) is 2.83. The highest BCUT2D eigenvalue weighted by molar-refractivity contribution is 14.0. The molecular formula is C17H33IN4O2S2. The average Bonchev–Trinajstić information content (AvgIpc) is 2.96. The van der Waals surface area contributed by atoms with E-state index in [9.17, 15) is 8.42 Å². The van der Waals surface area contributed by atoms with Gasteiger partial charge >= 0.3 is 0 Å². The van der Waals surface area contributed by atoms with Crippen molar-refractivity contribution >= 4 is 51.3 Å². The van der Waals surface area contributed by atoms with Gasteiger partial charge in [0.2, 0.25) is 10.0 Å². The largest absolute Gasteiger partial charge is 0.357 e. The summed E-state index contributed by atoms with van der Waals surface area (Å²) in [4.78, 5) is 7.25. The maximum atomic E-state index is 11.7. The Morgan fingerprint density at radius 1 is 1.35 bits per heavy atom. The number of halogens is 1. The number of rotatable bonds is 10. The minimum absolute atomic E-state index is 0. The van der Waals surface area contributed by atoms with Crippen LogP contribution < -0.4 is 10.6 Å². The zero-order valence-corrected chi connectivity index (χ0v) is 20.4. The van der Waals surface area contributed by atoms with Crippen LogP contribution in [0.3, 0.4) is 0 Å². The molecule has 0 bridgehead atoms. The van der Waals surface area contributed by atoms with Crippen molar-refractivity contribution in [3.63, 3.8) is 0 Å². The maximum Gasteiger partial charge on any atom is 0.213 e. The van der Waals surface area contributed by atoms with Crippen molar-refractivity contribution in [2.24, 2.45) is 4.99 Å². The van der Waals surface area contributed by atoms with Gasteiger partial charge in [-0.3, -0.25) is 4.99 Å². The molecule has 1 atom stereocenters. The van der Waals surface area contributed by atoms with E-state index in [0.29, 0.717) is 19.5 Å². The molecule has 0 radical (unpaired) electrons. The van der Waals surface area contributed by atoms with Gasteiger partial charge < -0.3 is 10.6 Å². The number of nitrogens with zero attached hydrogens (tertiary/aromatic N) is 2. The Morgan fingerprint density at radius 2 is 2.04 bits per heavy atom. The van der Waals surface area contributed by atoms with Gasteiger partial charge in [-0.1, -0.05) is 0 Å². The number of thiophene rings is 1. The molecule has 6 nitrogen and oxygen atoms in total. The van der Waals surface area contributed by atoms with Crippen LogP contribution in [0.4, 0.5) is 0 Å². The summed E-state index contributed by atoms with van der Waals surface area (Å²) in [6.07, 6.45) is 1.66. The molecule has 0 spiro atoms. The summed E-state index contributed by atoms with van der Waals surface area (Å²) < 4.78 is 24.8. The Bertz CT molecular complexity index is 647. The van der Waals surface area contributed by atoms with Crippen molar-refractivity contribution in [2.45, 2.75) is 46.6 Å². The van der Waals surface area contributed by atoms with E-state index in [0.717, 1.165) is 18.9 Å². The number of nitrogens with one attached hydrogen (secondary N) is 2. The standard InChI is InChI=1S/C17H32N4O2S2.HI/c1-6-18-17(19-11-8-12-21(5)25(22,23)7-2)20-14(3)13-16-10-9-15(4)24-16;/h9-10,14H,6-8,11-13H2,1-5H3,(H2,18,19,20);1H. The molecule has 0 aliphatic rings. The zero-order chi connectivity index (χ0) is 18.9. The molecular weight excluding hydrogens is 483 g/mol. The summed E-state index contributed by atoms with van der Waals surface area (Å²) in [5.74, 6) is 0.917. The first-order valence-corrected chi connectivity index (χ1v) is 11.2. The molecule has 26 heavy (non-hydrogen) atoms. The highest BCUT2D eigenvalue weighted by Gasteiger charge is 2.14. The highest BCUT2D eigenvalue weighted by atomic mass is 127. The van der Waals surface area contributed by atoms with Crippen LogP contribution in [0.15, 0.2) is 17.1 Å². The third-order valence-electron chi connectivity index (χ3n) is 3.77. The Kier molecular flexibility index (Phi) is 12.7. The number of guanidine groups is 1. The van der Waals surface area contributed by atoms with Crippen molar-refractivity contribution < 1.29 is 8.42 Å². The van der Waals surface area contributed by atoms with Gasteiger partial charge in [0, 0.05) is 48.9 Å². The van der Waals surface area contributed by atoms with Crippen LogP contribution in [0.25, 0.3) is 0 Å². The minimum Gasteiger partial charge on any atom is -0.357 e. The number of aliphatic imine (C=N–C) groups is 1. The summed E-state index contributed by atoms with van der Waals surface area (Å²) in [6, 6.07) is 4.60. The first kappa shape index (κ1) is 25.6. The van der Waals surface area contributed by atoms with Gasteiger partial charge in [-0.05, 0) is 46.2 Å². The smallest absolute Gasteiger partial charge is 0.213 e. The van der Waals surface area contributed by atoms with Crippen LogP contribution in [0.2, 0.25) is 0 Å². The van der Waals surface area contributed by atoms with E-state index >= 15 is 0 Å². The second-order valence-corrected chi connectivity index (χ2v) is 9.84. The van der Waals surface area contributed by atoms with E-state index < -0.39 is 10.0 Å². The third-order valence-corrected chi connectivity index (χ3v) is 6.66. The van der Waals surface area contributed by atoms with Crippen molar-refractivity contribution in [3.05, 3.63) is 21.9 Å². The van der Waals surface area contributed by atoms with E-state index in [1.165, 1.54) is 14.1 Å². The van der Waals surface area contributed by atoms with Crippen molar-refractivity contribution in [3.8, 4) is 0 Å². The number of hydrogen-bond donors (Lipinski definition) is 2. The summed E-state index contributed by atoms with van der Waals surface area (Å²) in [6.45, 7) is 9.82. The van der Waals surface area contributed by atoms with Crippen LogP contribution >= 0.6 is 35.3 Å². The lowest BCUT2D eigenvalue weighted by atomic mass is 10.2. The first-order chi connectivity index (χ1) is 11.8. The van der Waals surface area contributed by atoms with E-state index in [4.69, 9.17) is 0 Å². The van der Waals surface area contributed by atoms with Gasteiger partial charge in [0.15, 0.2) is 5.96 Å². The highest BCUT2D eigenvalue weighted by Crippen LogP contribution is 2.16. The van der Waals surface area contributed by atoms with Crippen LogP contribution in [0, 0.1) is 6.92 Å². The molecule has 1 rings (SSSR count). The summed E-state index contributed by atoms with van der Waals surface area (Å²) in [5.41, 5.74) is 0. The Labute approximate surface area is 179 Å². The summed E-state index contributed by atoms with van der Waals surface area (Å²) >= 11 is 1.82. The number of aryl methyl sites for hydroxylation is 1. The van der Waals surface area contributed by atoms with Crippen LogP contribution in [-0.4, -0.2) is 57.2 Å². The third kappa shape index (κ3) is 9.52. The van der Waals surface area contributed by atoms with Crippen molar-refractivity contribution in [1.82, 2.24) is 14.9 Å². The fourth-order valence-corrected chi connectivity index (χ4v) is 4.21.